The number of thiophene rings is 1. The van der Waals surface area contributed by atoms with Gasteiger partial charge in [0.05, 0.1) is 17.4 Å². The fourth-order valence-electron chi connectivity index (χ4n) is 3.74. The molecule has 1 amide bonds. The lowest BCUT2D eigenvalue weighted by Crippen LogP contribution is -2.60. The third kappa shape index (κ3) is 2.51. The zero-order chi connectivity index (χ0) is 15.9. The third-order valence-electron chi connectivity index (χ3n) is 5.12. The molecule has 5 nitrogen and oxygen atoms in total. The summed E-state index contributed by atoms with van der Waals surface area (Å²) >= 11 is 1.37. The number of nitrogens with one attached hydrogen (secondary N) is 1. The highest BCUT2D eigenvalue weighted by atomic mass is 32.1. The number of amides is 1. The average Bonchev–Trinajstić information content (AvgIpc) is 3.29. The van der Waals surface area contributed by atoms with Crippen LogP contribution in [0.2, 0.25) is 0 Å². The molecule has 2 bridgehead atoms. The van der Waals surface area contributed by atoms with Gasteiger partial charge < -0.3 is 19.7 Å². The highest BCUT2D eigenvalue weighted by Crippen LogP contribution is 2.35. The Labute approximate surface area is 138 Å². The number of hydrogen-bond acceptors (Lipinski definition) is 5. The quantitative estimate of drug-likeness (QED) is 0.896. The van der Waals surface area contributed by atoms with Crippen LogP contribution in [0.4, 0.5) is 0 Å². The Hall–Kier alpha value is -1.63. The lowest BCUT2D eigenvalue weighted by molar-refractivity contribution is -0.138. The van der Waals surface area contributed by atoms with Crippen molar-refractivity contribution in [2.75, 3.05) is 19.6 Å². The minimum atomic E-state index is -1.69. The van der Waals surface area contributed by atoms with Crippen molar-refractivity contribution in [1.82, 2.24) is 10.2 Å². The first kappa shape index (κ1) is 14.9. The van der Waals surface area contributed by atoms with Gasteiger partial charge in [-0.05, 0) is 49.4 Å². The van der Waals surface area contributed by atoms with E-state index in [4.69, 9.17) is 4.42 Å². The third-order valence-corrected chi connectivity index (χ3v) is 6.10. The molecular formula is C17H20N2O3S. The Morgan fingerprint density at radius 2 is 2.22 bits per heavy atom. The van der Waals surface area contributed by atoms with Crippen LogP contribution >= 0.6 is 11.3 Å². The van der Waals surface area contributed by atoms with Gasteiger partial charge in [-0.15, -0.1) is 11.3 Å². The molecule has 2 aromatic heterocycles. The molecular weight excluding hydrogens is 312 g/mol. The Kier molecular flexibility index (Phi) is 3.75. The van der Waals surface area contributed by atoms with Gasteiger partial charge in [-0.3, -0.25) is 4.79 Å². The van der Waals surface area contributed by atoms with Gasteiger partial charge in [0.25, 0.3) is 5.91 Å². The predicted octanol–water partition coefficient (Wildman–Crippen LogP) is 1.79. The van der Waals surface area contributed by atoms with Gasteiger partial charge in [0.2, 0.25) is 5.60 Å². The lowest BCUT2D eigenvalue weighted by atomic mass is 9.83. The van der Waals surface area contributed by atoms with E-state index in [1.54, 1.807) is 12.1 Å². The van der Waals surface area contributed by atoms with E-state index < -0.39 is 5.60 Å². The lowest BCUT2D eigenvalue weighted by Gasteiger charge is -2.45. The average molecular weight is 332 g/mol. The zero-order valence-electron chi connectivity index (χ0n) is 12.8. The topological polar surface area (TPSA) is 65.7 Å². The zero-order valence-corrected chi connectivity index (χ0v) is 13.6. The number of carbonyl (C=O) groups excluding carboxylic acids is 1. The van der Waals surface area contributed by atoms with E-state index in [1.807, 2.05) is 11.4 Å². The van der Waals surface area contributed by atoms with Gasteiger partial charge in [0.15, 0.2) is 0 Å². The first-order valence-electron chi connectivity index (χ1n) is 8.00. The fourth-order valence-corrected chi connectivity index (χ4v) is 4.58. The van der Waals surface area contributed by atoms with E-state index in [0.717, 1.165) is 32.5 Å². The van der Waals surface area contributed by atoms with Crippen LogP contribution in [0.3, 0.4) is 0 Å². The summed E-state index contributed by atoms with van der Waals surface area (Å²) in [4.78, 5) is 16.0. The summed E-state index contributed by atoms with van der Waals surface area (Å²) in [6.07, 6.45) is 5.16. The standard InChI is InChI=1S/C17H20N2O3S/c20-16(18-14-10-19-6-3-12(14)4-7-19)17(21,13-5-8-22-11-13)15-2-1-9-23-15/h1-2,5,8-9,11-12,14,21H,3-4,6-7,10H2,(H,18,20). The maximum atomic E-state index is 13.0. The van der Waals surface area contributed by atoms with Crippen LogP contribution in [0.5, 0.6) is 0 Å². The molecule has 3 aliphatic rings. The van der Waals surface area contributed by atoms with Crippen molar-refractivity contribution < 1.29 is 14.3 Å². The van der Waals surface area contributed by atoms with Crippen molar-refractivity contribution >= 4 is 17.2 Å². The van der Waals surface area contributed by atoms with E-state index in [-0.39, 0.29) is 11.9 Å². The fraction of sp³-hybridized carbons (Fsp3) is 0.471. The number of rotatable bonds is 4. The number of hydrogen-bond donors (Lipinski definition) is 2. The molecule has 3 aliphatic heterocycles. The first-order valence-corrected chi connectivity index (χ1v) is 8.88. The minimum absolute atomic E-state index is 0.114. The van der Waals surface area contributed by atoms with Gasteiger partial charge in [-0.2, -0.15) is 0 Å². The van der Waals surface area contributed by atoms with Crippen molar-refractivity contribution in [3.8, 4) is 0 Å². The molecule has 122 valence electrons. The molecule has 5 rings (SSSR count). The monoisotopic (exact) mass is 332 g/mol. The molecule has 3 fully saturated rings. The largest absolute Gasteiger partial charge is 0.472 e. The number of piperidine rings is 3. The van der Waals surface area contributed by atoms with Crippen LogP contribution in [0.25, 0.3) is 0 Å². The highest BCUT2D eigenvalue weighted by Gasteiger charge is 2.44. The number of nitrogens with zero attached hydrogens (tertiary/aromatic N) is 1. The summed E-state index contributed by atoms with van der Waals surface area (Å²) in [5, 5.41) is 16.2. The molecule has 2 atom stereocenters. The van der Waals surface area contributed by atoms with E-state index in [0.29, 0.717) is 16.4 Å². The molecule has 2 N–H and O–H groups in total. The molecule has 0 aliphatic carbocycles. The maximum absolute atomic E-state index is 13.0. The van der Waals surface area contributed by atoms with Crippen molar-refractivity contribution in [2.45, 2.75) is 24.5 Å². The molecule has 5 heterocycles. The molecule has 0 saturated carbocycles. The molecule has 0 aromatic carbocycles. The van der Waals surface area contributed by atoms with E-state index >= 15 is 0 Å². The van der Waals surface area contributed by atoms with Gasteiger partial charge in [-0.25, -0.2) is 0 Å². The summed E-state index contributed by atoms with van der Waals surface area (Å²) < 4.78 is 5.10. The van der Waals surface area contributed by atoms with E-state index in [1.165, 1.54) is 23.9 Å². The molecule has 0 spiro atoms. The van der Waals surface area contributed by atoms with Crippen LogP contribution in [0, 0.1) is 5.92 Å². The van der Waals surface area contributed by atoms with E-state index in [2.05, 4.69) is 10.2 Å². The smallest absolute Gasteiger partial charge is 0.262 e. The summed E-state index contributed by atoms with van der Waals surface area (Å²) in [5.74, 6) is 0.154. The number of furan rings is 1. The molecule has 6 heteroatoms. The van der Waals surface area contributed by atoms with Crippen molar-refractivity contribution in [1.29, 1.82) is 0 Å². The van der Waals surface area contributed by atoms with Crippen molar-refractivity contribution in [3.05, 3.63) is 46.5 Å². The molecule has 3 saturated heterocycles. The number of carbonyl (C=O) groups is 1. The van der Waals surface area contributed by atoms with Crippen molar-refractivity contribution in [3.63, 3.8) is 0 Å². The van der Waals surface area contributed by atoms with Crippen LogP contribution in [-0.2, 0) is 10.4 Å². The second-order valence-corrected chi connectivity index (χ2v) is 7.37. The summed E-state index contributed by atoms with van der Waals surface area (Å²) in [6, 6.07) is 5.39. The molecule has 2 aromatic rings. The Balaban J connectivity index is 1.61. The Bertz CT molecular complexity index is 626. The second kappa shape index (κ2) is 5.78. The van der Waals surface area contributed by atoms with Crippen LogP contribution in [-0.4, -0.2) is 41.6 Å². The molecule has 23 heavy (non-hydrogen) atoms. The summed E-state index contributed by atoms with van der Waals surface area (Å²) in [6.45, 7) is 3.12. The van der Waals surface area contributed by atoms with Gasteiger partial charge in [-0.1, -0.05) is 6.07 Å². The molecule has 2 unspecified atom stereocenters. The maximum Gasteiger partial charge on any atom is 0.262 e. The molecule has 0 radical (unpaired) electrons. The number of aliphatic hydroxyl groups is 1. The first-order chi connectivity index (χ1) is 11.2. The van der Waals surface area contributed by atoms with Crippen LogP contribution in [0.15, 0.2) is 40.5 Å². The summed E-state index contributed by atoms with van der Waals surface area (Å²) in [7, 11) is 0. The Morgan fingerprint density at radius 1 is 1.39 bits per heavy atom. The van der Waals surface area contributed by atoms with Crippen LogP contribution < -0.4 is 5.32 Å². The highest BCUT2D eigenvalue weighted by molar-refractivity contribution is 7.10. The van der Waals surface area contributed by atoms with E-state index in [9.17, 15) is 9.90 Å². The van der Waals surface area contributed by atoms with Gasteiger partial charge in [0.1, 0.15) is 0 Å². The SMILES string of the molecule is O=C(NC1CN2CCC1CC2)C(O)(c1ccoc1)c1cccs1. The van der Waals surface area contributed by atoms with Crippen LogP contribution in [0.1, 0.15) is 23.3 Å². The van der Waals surface area contributed by atoms with Gasteiger partial charge in [0, 0.05) is 18.2 Å². The second-order valence-electron chi connectivity index (χ2n) is 6.42. The summed E-state index contributed by atoms with van der Waals surface area (Å²) in [5.41, 5.74) is -1.22. The van der Waals surface area contributed by atoms with Gasteiger partial charge >= 0.3 is 0 Å². The minimum Gasteiger partial charge on any atom is -0.472 e. The normalized spacial score (nSPS) is 29.2. The van der Waals surface area contributed by atoms with Crippen molar-refractivity contribution in [2.24, 2.45) is 5.92 Å². The predicted molar refractivity (Wildman–Crippen MR) is 87.1 cm³/mol. The Morgan fingerprint density at radius 3 is 2.78 bits per heavy atom. The number of fused-ring (bicyclic) bond motifs is 3.